The van der Waals surface area contributed by atoms with E-state index in [1.807, 2.05) is 25.4 Å². The molecule has 104 valence electrons. The molecular weight excluding hydrogens is 250 g/mol. The molecule has 0 fully saturated rings. The van der Waals surface area contributed by atoms with Crippen LogP contribution in [0.3, 0.4) is 0 Å². The smallest absolute Gasteiger partial charge is 0.104 e. The van der Waals surface area contributed by atoms with Crippen LogP contribution in [0.15, 0.2) is 42.7 Å². The Hall–Kier alpha value is -1.75. The SMILES string of the molecule is Cc1cncc(C(NN)C2OCCc3ccccc32)c1. The number of rotatable bonds is 3. The van der Waals surface area contributed by atoms with Crippen LogP contribution in [0.4, 0.5) is 0 Å². The Kier molecular flexibility index (Phi) is 3.78. The van der Waals surface area contributed by atoms with E-state index in [1.54, 1.807) is 0 Å². The molecule has 2 unspecified atom stereocenters. The second kappa shape index (κ2) is 5.71. The van der Waals surface area contributed by atoms with E-state index in [2.05, 4.69) is 34.7 Å². The van der Waals surface area contributed by atoms with Crippen molar-refractivity contribution in [3.63, 3.8) is 0 Å². The number of nitrogens with zero attached hydrogens (tertiary/aromatic N) is 1. The number of ether oxygens (including phenoxy) is 1. The first-order valence-corrected chi connectivity index (χ1v) is 6.86. The standard InChI is InChI=1S/C16H19N3O/c1-11-8-13(10-18-9-11)15(19-17)16-14-5-3-2-4-12(14)6-7-20-16/h2-5,8-10,15-16,19H,6-7,17H2,1H3. The van der Waals surface area contributed by atoms with Crippen molar-refractivity contribution < 1.29 is 4.74 Å². The molecule has 1 aliphatic heterocycles. The van der Waals surface area contributed by atoms with Gasteiger partial charge < -0.3 is 4.74 Å². The molecule has 0 bridgehead atoms. The molecule has 3 N–H and O–H groups in total. The van der Waals surface area contributed by atoms with Crippen LogP contribution in [0.5, 0.6) is 0 Å². The van der Waals surface area contributed by atoms with Crippen molar-refractivity contribution in [2.45, 2.75) is 25.5 Å². The maximum absolute atomic E-state index is 5.98. The fourth-order valence-corrected chi connectivity index (χ4v) is 2.81. The number of benzene rings is 1. The van der Waals surface area contributed by atoms with Gasteiger partial charge in [-0.3, -0.25) is 10.8 Å². The van der Waals surface area contributed by atoms with Crippen LogP contribution in [0.1, 0.15) is 34.4 Å². The molecule has 3 rings (SSSR count). The fraction of sp³-hybridized carbons (Fsp3) is 0.312. The summed E-state index contributed by atoms with van der Waals surface area (Å²) < 4.78 is 5.98. The normalized spacial score (nSPS) is 19.4. The summed E-state index contributed by atoms with van der Waals surface area (Å²) in [5.74, 6) is 5.79. The third-order valence-electron chi connectivity index (χ3n) is 3.77. The summed E-state index contributed by atoms with van der Waals surface area (Å²) in [5, 5.41) is 0. The monoisotopic (exact) mass is 269 g/mol. The van der Waals surface area contributed by atoms with Gasteiger partial charge in [-0.2, -0.15) is 0 Å². The Balaban J connectivity index is 1.99. The zero-order valence-electron chi connectivity index (χ0n) is 11.5. The zero-order valence-corrected chi connectivity index (χ0v) is 11.5. The van der Waals surface area contributed by atoms with Crippen molar-refractivity contribution >= 4 is 0 Å². The summed E-state index contributed by atoms with van der Waals surface area (Å²) in [6, 6.07) is 10.4. The van der Waals surface area contributed by atoms with Gasteiger partial charge in [-0.15, -0.1) is 0 Å². The minimum absolute atomic E-state index is 0.0754. The third kappa shape index (κ3) is 2.45. The van der Waals surface area contributed by atoms with Gasteiger partial charge in [0, 0.05) is 12.4 Å². The van der Waals surface area contributed by atoms with Gasteiger partial charge in [-0.25, -0.2) is 5.43 Å². The van der Waals surface area contributed by atoms with Gasteiger partial charge >= 0.3 is 0 Å². The Morgan fingerprint density at radius 2 is 2.20 bits per heavy atom. The van der Waals surface area contributed by atoms with Crippen molar-refractivity contribution in [3.05, 3.63) is 65.0 Å². The maximum Gasteiger partial charge on any atom is 0.104 e. The van der Waals surface area contributed by atoms with E-state index in [1.165, 1.54) is 11.1 Å². The Bertz CT molecular complexity index is 600. The van der Waals surface area contributed by atoms with E-state index in [0.717, 1.165) is 24.2 Å². The van der Waals surface area contributed by atoms with Crippen LogP contribution in [-0.4, -0.2) is 11.6 Å². The minimum Gasteiger partial charge on any atom is -0.371 e. The van der Waals surface area contributed by atoms with E-state index in [-0.39, 0.29) is 12.1 Å². The molecule has 0 amide bonds. The predicted molar refractivity (Wildman–Crippen MR) is 77.9 cm³/mol. The lowest BCUT2D eigenvalue weighted by Crippen LogP contribution is -2.35. The molecule has 0 radical (unpaired) electrons. The topological polar surface area (TPSA) is 60.2 Å². The number of aryl methyl sites for hydroxylation is 1. The molecule has 4 heteroatoms. The molecule has 1 aliphatic rings. The lowest BCUT2D eigenvalue weighted by Gasteiger charge is -2.32. The molecule has 2 heterocycles. The summed E-state index contributed by atoms with van der Waals surface area (Å²) in [7, 11) is 0. The van der Waals surface area contributed by atoms with Crippen LogP contribution >= 0.6 is 0 Å². The molecule has 0 saturated heterocycles. The highest BCUT2D eigenvalue weighted by atomic mass is 16.5. The second-order valence-electron chi connectivity index (χ2n) is 5.18. The molecule has 20 heavy (non-hydrogen) atoms. The van der Waals surface area contributed by atoms with Gasteiger partial charge in [-0.05, 0) is 35.6 Å². The first-order valence-electron chi connectivity index (χ1n) is 6.86. The number of fused-ring (bicyclic) bond motifs is 1. The average Bonchev–Trinajstić information content (AvgIpc) is 2.48. The Labute approximate surface area is 119 Å². The zero-order chi connectivity index (χ0) is 13.9. The lowest BCUT2D eigenvalue weighted by molar-refractivity contribution is 0.0146. The van der Waals surface area contributed by atoms with Crippen molar-refractivity contribution in [1.29, 1.82) is 0 Å². The van der Waals surface area contributed by atoms with Crippen molar-refractivity contribution in [3.8, 4) is 0 Å². The second-order valence-corrected chi connectivity index (χ2v) is 5.18. The van der Waals surface area contributed by atoms with Gasteiger partial charge in [0.15, 0.2) is 0 Å². The van der Waals surface area contributed by atoms with Crippen LogP contribution in [0, 0.1) is 6.92 Å². The Morgan fingerprint density at radius 1 is 1.35 bits per heavy atom. The first-order chi connectivity index (χ1) is 9.79. The van der Waals surface area contributed by atoms with Gasteiger partial charge in [0.2, 0.25) is 0 Å². The quantitative estimate of drug-likeness (QED) is 0.662. The molecule has 0 aliphatic carbocycles. The third-order valence-corrected chi connectivity index (χ3v) is 3.77. The van der Waals surface area contributed by atoms with Crippen molar-refractivity contribution in [2.75, 3.05) is 6.61 Å². The summed E-state index contributed by atoms with van der Waals surface area (Å²) in [4.78, 5) is 4.25. The Morgan fingerprint density at radius 3 is 3.00 bits per heavy atom. The maximum atomic E-state index is 5.98. The number of nitrogens with two attached hydrogens (primary N) is 1. The highest BCUT2D eigenvalue weighted by Gasteiger charge is 2.29. The number of hydrazine groups is 1. The molecule has 0 saturated carbocycles. The summed E-state index contributed by atoms with van der Waals surface area (Å²) >= 11 is 0. The first kappa shape index (κ1) is 13.2. The average molecular weight is 269 g/mol. The van der Waals surface area contributed by atoms with Crippen LogP contribution in [0.2, 0.25) is 0 Å². The summed E-state index contributed by atoms with van der Waals surface area (Å²) in [6.45, 7) is 2.75. The number of nitrogens with one attached hydrogen (secondary N) is 1. The number of aromatic nitrogens is 1. The van der Waals surface area contributed by atoms with E-state index in [4.69, 9.17) is 10.6 Å². The van der Waals surface area contributed by atoms with Crippen molar-refractivity contribution in [2.24, 2.45) is 5.84 Å². The highest BCUT2D eigenvalue weighted by Crippen LogP contribution is 2.36. The van der Waals surface area contributed by atoms with Crippen LogP contribution in [-0.2, 0) is 11.2 Å². The van der Waals surface area contributed by atoms with Crippen LogP contribution < -0.4 is 11.3 Å². The van der Waals surface area contributed by atoms with E-state index >= 15 is 0 Å². The van der Waals surface area contributed by atoms with Crippen molar-refractivity contribution in [1.82, 2.24) is 10.4 Å². The van der Waals surface area contributed by atoms with Gasteiger partial charge in [0.05, 0.1) is 12.6 Å². The summed E-state index contributed by atoms with van der Waals surface area (Å²) in [5.41, 5.74) is 7.61. The fourth-order valence-electron chi connectivity index (χ4n) is 2.81. The van der Waals surface area contributed by atoms with Gasteiger partial charge in [-0.1, -0.05) is 30.3 Å². The number of hydrogen-bond acceptors (Lipinski definition) is 4. The molecule has 4 nitrogen and oxygen atoms in total. The molecular formula is C16H19N3O. The van der Waals surface area contributed by atoms with E-state index in [0.29, 0.717) is 0 Å². The largest absolute Gasteiger partial charge is 0.371 e. The lowest BCUT2D eigenvalue weighted by atomic mass is 9.90. The van der Waals surface area contributed by atoms with Gasteiger partial charge in [0.25, 0.3) is 0 Å². The number of hydrogen-bond donors (Lipinski definition) is 2. The van der Waals surface area contributed by atoms with E-state index in [9.17, 15) is 0 Å². The highest BCUT2D eigenvalue weighted by molar-refractivity contribution is 5.34. The minimum atomic E-state index is -0.0937. The van der Waals surface area contributed by atoms with Crippen LogP contribution in [0.25, 0.3) is 0 Å². The molecule has 1 aromatic heterocycles. The van der Waals surface area contributed by atoms with E-state index < -0.39 is 0 Å². The molecule has 0 spiro atoms. The predicted octanol–water partition coefficient (Wildman–Crippen LogP) is 2.21. The molecule has 2 atom stereocenters. The molecule has 2 aromatic rings. The van der Waals surface area contributed by atoms with Gasteiger partial charge in [0.1, 0.15) is 6.10 Å². The molecule has 1 aromatic carbocycles. The number of pyridine rings is 1. The summed E-state index contributed by atoms with van der Waals surface area (Å²) in [6.07, 6.45) is 4.56.